The fourth-order valence-electron chi connectivity index (χ4n) is 1.69. The molecule has 1 aromatic rings. The first-order valence-electron chi connectivity index (χ1n) is 5.65. The maximum atomic E-state index is 9.56. The highest BCUT2D eigenvalue weighted by Gasteiger charge is 2.05. The summed E-state index contributed by atoms with van der Waals surface area (Å²) in [5.41, 5.74) is 1.90. The van der Waals surface area contributed by atoms with Gasteiger partial charge in [0.25, 0.3) is 0 Å². The molecule has 0 radical (unpaired) electrons. The summed E-state index contributed by atoms with van der Waals surface area (Å²) in [6.45, 7) is 2.69. The first-order valence-corrected chi connectivity index (χ1v) is 5.65. The van der Waals surface area contributed by atoms with Crippen LogP contribution in [0.5, 0.6) is 5.75 Å². The minimum absolute atomic E-state index is 0.238. The average Bonchev–Trinajstić information content (AvgIpc) is 2.32. The van der Waals surface area contributed by atoms with E-state index in [2.05, 4.69) is 16.4 Å². The summed E-state index contributed by atoms with van der Waals surface area (Å²) in [7, 11) is 0. The van der Waals surface area contributed by atoms with Gasteiger partial charge in [0, 0.05) is 17.5 Å². The summed E-state index contributed by atoms with van der Waals surface area (Å²) in [5, 5.41) is 12.9. The lowest BCUT2D eigenvalue weighted by Gasteiger charge is -2.17. The number of rotatable bonds is 3. The second-order valence-corrected chi connectivity index (χ2v) is 4.04. The maximum absolute atomic E-state index is 9.56. The standard InChI is InChI=1S/C14H16N2O/c1-11-5-4-7-13(16-11)10-15-9-12-6-2-3-8-14(12)17/h2-9,13,16-17H,10H2,1H3. The summed E-state index contributed by atoms with van der Waals surface area (Å²) in [6.07, 6.45) is 7.85. The zero-order valence-electron chi connectivity index (χ0n) is 9.80. The van der Waals surface area contributed by atoms with Crippen molar-refractivity contribution in [2.45, 2.75) is 13.0 Å². The van der Waals surface area contributed by atoms with Crippen LogP contribution in [0.4, 0.5) is 0 Å². The molecule has 0 aliphatic carbocycles. The second-order valence-electron chi connectivity index (χ2n) is 4.04. The Labute approximate surface area is 101 Å². The van der Waals surface area contributed by atoms with Gasteiger partial charge in [-0.3, -0.25) is 4.99 Å². The number of aliphatic imine (C=N–C) groups is 1. The number of phenolic OH excluding ortho intramolecular Hbond substituents is 1. The maximum Gasteiger partial charge on any atom is 0.124 e. The average molecular weight is 228 g/mol. The van der Waals surface area contributed by atoms with Crippen LogP contribution in [0.2, 0.25) is 0 Å². The number of allylic oxidation sites excluding steroid dienone is 3. The van der Waals surface area contributed by atoms with Crippen molar-refractivity contribution in [1.82, 2.24) is 5.32 Å². The van der Waals surface area contributed by atoms with E-state index in [0.29, 0.717) is 6.54 Å². The van der Waals surface area contributed by atoms with E-state index in [1.807, 2.05) is 31.2 Å². The molecule has 3 heteroatoms. The van der Waals surface area contributed by atoms with E-state index in [4.69, 9.17) is 0 Å². The van der Waals surface area contributed by atoms with Crippen LogP contribution in [0, 0.1) is 0 Å². The molecular weight excluding hydrogens is 212 g/mol. The molecule has 0 fully saturated rings. The van der Waals surface area contributed by atoms with Crippen molar-refractivity contribution >= 4 is 6.21 Å². The van der Waals surface area contributed by atoms with E-state index < -0.39 is 0 Å². The molecule has 1 aromatic carbocycles. The van der Waals surface area contributed by atoms with E-state index in [1.165, 1.54) is 0 Å². The third kappa shape index (κ3) is 3.21. The van der Waals surface area contributed by atoms with E-state index >= 15 is 0 Å². The minimum atomic E-state index is 0.238. The number of benzene rings is 1. The number of hydrogen-bond acceptors (Lipinski definition) is 3. The van der Waals surface area contributed by atoms with Crippen LogP contribution in [0.25, 0.3) is 0 Å². The van der Waals surface area contributed by atoms with Gasteiger partial charge in [0.1, 0.15) is 5.75 Å². The third-order valence-corrected chi connectivity index (χ3v) is 2.57. The van der Waals surface area contributed by atoms with Crippen LogP contribution in [-0.4, -0.2) is 23.9 Å². The topological polar surface area (TPSA) is 44.6 Å². The summed E-state index contributed by atoms with van der Waals surface area (Å²) in [5.74, 6) is 0.263. The van der Waals surface area contributed by atoms with Gasteiger partial charge in [-0.1, -0.05) is 24.3 Å². The van der Waals surface area contributed by atoms with Crippen molar-refractivity contribution in [3.05, 3.63) is 53.8 Å². The normalized spacial score (nSPS) is 19.1. The number of aromatic hydroxyl groups is 1. The zero-order chi connectivity index (χ0) is 12.1. The van der Waals surface area contributed by atoms with Crippen LogP contribution in [0.3, 0.4) is 0 Å². The predicted octanol–water partition coefficient (Wildman–Crippen LogP) is 2.24. The smallest absolute Gasteiger partial charge is 0.124 e. The van der Waals surface area contributed by atoms with Crippen LogP contribution in [0.15, 0.2) is 53.2 Å². The fourth-order valence-corrected chi connectivity index (χ4v) is 1.69. The number of nitrogens with one attached hydrogen (secondary N) is 1. The fraction of sp³-hybridized carbons (Fsp3) is 0.214. The molecule has 0 bridgehead atoms. The van der Waals surface area contributed by atoms with Crippen molar-refractivity contribution in [3.63, 3.8) is 0 Å². The predicted molar refractivity (Wildman–Crippen MR) is 70.4 cm³/mol. The molecule has 0 saturated heterocycles. The highest BCUT2D eigenvalue weighted by Crippen LogP contribution is 2.12. The summed E-state index contributed by atoms with van der Waals surface area (Å²) >= 11 is 0. The van der Waals surface area contributed by atoms with Crippen molar-refractivity contribution < 1.29 is 5.11 Å². The van der Waals surface area contributed by atoms with Gasteiger partial charge in [-0.2, -0.15) is 0 Å². The molecule has 1 aliphatic heterocycles. The van der Waals surface area contributed by atoms with Gasteiger partial charge < -0.3 is 10.4 Å². The molecule has 2 N–H and O–H groups in total. The zero-order valence-corrected chi connectivity index (χ0v) is 9.80. The quantitative estimate of drug-likeness (QED) is 0.779. The lowest BCUT2D eigenvalue weighted by molar-refractivity contribution is 0.474. The van der Waals surface area contributed by atoms with Gasteiger partial charge in [0.05, 0.1) is 12.6 Å². The molecule has 88 valence electrons. The van der Waals surface area contributed by atoms with Gasteiger partial charge in [0.2, 0.25) is 0 Å². The Morgan fingerprint density at radius 3 is 3.00 bits per heavy atom. The van der Waals surface area contributed by atoms with Gasteiger partial charge in [-0.15, -0.1) is 0 Å². The lowest BCUT2D eigenvalue weighted by Crippen LogP contribution is -2.30. The Morgan fingerprint density at radius 1 is 1.41 bits per heavy atom. The molecular formula is C14H16N2O. The van der Waals surface area contributed by atoms with Crippen molar-refractivity contribution in [1.29, 1.82) is 0 Å². The molecule has 0 saturated carbocycles. The van der Waals surface area contributed by atoms with Gasteiger partial charge in [-0.05, 0) is 25.1 Å². The van der Waals surface area contributed by atoms with Crippen molar-refractivity contribution in [2.24, 2.45) is 4.99 Å². The van der Waals surface area contributed by atoms with Crippen LogP contribution in [-0.2, 0) is 0 Å². The highest BCUT2D eigenvalue weighted by atomic mass is 16.3. The van der Waals surface area contributed by atoms with Crippen LogP contribution >= 0.6 is 0 Å². The van der Waals surface area contributed by atoms with Crippen molar-refractivity contribution in [2.75, 3.05) is 6.54 Å². The molecule has 1 aliphatic rings. The molecule has 0 spiro atoms. The molecule has 3 nitrogen and oxygen atoms in total. The van der Waals surface area contributed by atoms with E-state index in [-0.39, 0.29) is 11.8 Å². The lowest BCUT2D eigenvalue weighted by atomic mass is 10.2. The van der Waals surface area contributed by atoms with Gasteiger partial charge >= 0.3 is 0 Å². The first-order chi connectivity index (χ1) is 8.25. The third-order valence-electron chi connectivity index (χ3n) is 2.57. The SMILES string of the molecule is CC1=CC=CC(CN=Cc2ccccc2O)N1. The van der Waals surface area contributed by atoms with Crippen LogP contribution < -0.4 is 5.32 Å². The minimum Gasteiger partial charge on any atom is -0.507 e. The number of dihydropyridines is 1. The number of phenols is 1. The number of hydrogen-bond donors (Lipinski definition) is 2. The van der Waals surface area contributed by atoms with Gasteiger partial charge in [0.15, 0.2) is 0 Å². The largest absolute Gasteiger partial charge is 0.507 e. The van der Waals surface area contributed by atoms with E-state index in [0.717, 1.165) is 11.3 Å². The Morgan fingerprint density at radius 2 is 2.24 bits per heavy atom. The summed E-state index contributed by atoms with van der Waals surface area (Å²) in [6, 6.07) is 7.42. The second kappa shape index (κ2) is 5.34. The van der Waals surface area contributed by atoms with E-state index in [1.54, 1.807) is 18.3 Å². The van der Waals surface area contributed by atoms with Crippen molar-refractivity contribution in [3.8, 4) is 5.75 Å². The molecule has 0 aromatic heterocycles. The Kier molecular flexibility index (Phi) is 3.60. The molecule has 1 unspecified atom stereocenters. The highest BCUT2D eigenvalue weighted by molar-refractivity contribution is 5.83. The molecule has 2 rings (SSSR count). The molecule has 1 heterocycles. The molecule has 17 heavy (non-hydrogen) atoms. The Hall–Kier alpha value is -2.03. The van der Waals surface area contributed by atoms with E-state index in [9.17, 15) is 5.11 Å². The van der Waals surface area contributed by atoms with Gasteiger partial charge in [-0.25, -0.2) is 0 Å². The first kappa shape index (κ1) is 11.5. The van der Waals surface area contributed by atoms with Crippen LogP contribution in [0.1, 0.15) is 12.5 Å². The molecule has 1 atom stereocenters. The summed E-state index contributed by atoms with van der Waals surface area (Å²) < 4.78 is 0. The number of para-hydroxylation sites is 1. The monoisotopic (exact) mass is 228 g/mol. The Balaban J connectivity index is 1.93. The summed E-state index contributed by atoms with van der Waals surface area (Å²) in [4.78, 5) is 4.33. The molecule has 0 amide bonds. The Bertz CT molecular complexity index is 475. The number of nitrogens with zero attached hydrogens (tertiary/aromatic N) is 1.